The fraction of sp³-hybridized carbons (Fsp3) is 0.667. The van der Waals surface area contributed by atoms with Gasteiger partial charge in [0.25, 0.3) is 0 Å². The lowest BCUT2D eigenvalue weighted by atomic mass is 10.2. The summed E-state index contributed by atoms with van der Waals surface area (Å²) in [6, 6.07) is -1.04. The van der Waals surface area contributed by atoms with Crippen LogP contribution in [0, 0.1) is 0 Å². The molecular formula is C6H10ClNO3. The van der Waals surface area contributed by atoms with Crippen molar-refractivity contribution in [1.29, 1.82) is 0 Å². The zero-order valence-corrected chi connectivity index (χ0v) is 7.14. The normalized spacial score (nSPS) is 12.3. The Morgan fingerprint density at radius 1 is 1.64 bits per heavy atom. The summed E-state index contributed by atoms with van der Waals surface area (Å²) in [6.07, 6.45) is 0. The van der Waals surface area contributed by atoms with Crippen LogP contribution in [-0.2, 0) is 14.3 Å². The minimum Gasteiger partial charge on any atom is -0.464 e. The van der Waals surface area contributed by atoms with Crippen LogP contribution in [0.4, 0.5) is 0 Å². The summed E-state index contributed by atoms with van der Waals surface area (Å²) < 4.78 is 4.55. The molecule has 4 nitrogen and oxygen atoms in total. The van der Waals surface area contributed by atoms with Crippen LogP contribution in [0.5, 0.6) is 0 Å². The number of carbonyl (C=O) groups is 2. The molecule has 0 aromatic carbocycles. The maximum Gasteiger partial charge on any atom is 0.332 e. The molecule has 0 bridgehead atoms. The van der Waals surface area contributed by atoms with E-state index >= 15 is 0 Å². The maximum absolute atomic E-state index is 10.8. The van der Waals surface area contributed by atoms with Crippen LogP contribution in [0.15, 0.2) is 0 Å². The summed E-state index contributed by atoms with van der Waals surface area (Å²) in [6.45, 7) is 3.15. The molecule has 0 aliphatic rings. The average molecular weight is 180 g/mol. The van der Waals surface area contributed by atoms with E-state index in [0.29, 0.717) is 0 Å². The van der Waals surface area contributed by atoms with Gasteiger partial charge in [0.15, 0.2) is 11.8 Å². The number of ether oxygens (including phenoxy) is 1. The Labute approximate surface area is 70.0 Å². The van der Waals surface area contributed by atoms with Gasteiger partial charge in [0.05, 0.1) is 6.61 Å². The largest absolute Gasteiger partial charge is 0.464 e. The third kappa shape index (κ3) is 3.34. The van der Waals surface area contributed by atoms with Crippen LogP contribution >= 0.6 is 11.8 Å². The summed E-state index contributed by atoms with van der Waals surface area (Å²) in [5, 5.41) is 0. The Kier molecular flexibility index (Phi) is 4.81. The van der Waals surface area contributed by atoms with Crippen molar-refractivity contribution in [2.75, 3.05) is 6.61 Å². The first kappa shape index (κ1) is 10.4. The first-order valence-electron chi connectivity index (χ1n) is 3.16. The first-order valence-corrected chi connectivity index (χ1v) is 3.54. The van der Waals surface area contributed by atoms with Crippen molar-refractivity contribution < 1.29 is 14.3 Å². The topological polar surface area (TPSA) is 55.4 Å². The number of ketones is 1. The Bertz CT molecular complexity index is 160. The summed E-state index contributed by atoms with van der Waals surface area (Å²) in [5.41, 5.74) is 0. The Morgan fingerprint density at radius 3 is 2.45 bits per heavy atom. The van der Waals surface area contributed by atoms with E-state index in [9.17, 15) is 9.59 Å². The minimum atomic E-state index is -1.04. The fourth-order valence-corrected chi connectivity index (χ4v) is 0.756. The van der Waals surface area contributed by atoms with Crippen LogP contribution in [0.3, 0.4) is 0 Å². The van der Waals surface area contributed by atoms with Crippen molar-refractivity contribution in [2.24, 2.45) is 0 Å². The number of hydrogen-bond donors (Lipinski definition) is 1. The predicted molar refractivity (Wildman–Crippen MR) is 40.1 cm³/mol. The maximum atomic E-state index is 10.8. The number of hydrogen-bond acceptors (Lipinski definition) is 4. The number of esters is 1. The van der Waals surface area contributed by atoms with Gasteiger partial charge in [-0.05, 0) is 25.6 Å². The van der Waals surface area contributed by atoms with Crippen LogP contribution < -0.4 is 4.84 Å². The Morgan fingerprint density at radius 2 is 2.18 bits per heavy atom. The molecule has 0 aliphatic carbocycles. The van der Waals surface area contributed by atoms with Gasteiger partial charge in [-0.3, -0.25) is 4.79 Å². The van der Waals surface area contributed by atoms with E-state index < -0.39 is 12.0 Å². The summed E-state index contributed by atoms with van der Waals surface area (Å²) in [7, 11) is 0. The monoisotopic (exact) mass is 179 g/mol. The second-order valence-electron chi connectivity index (χ2n) is 1.90. The highest BCUT2D eigenvalue weighted by atomic mass is 35.5. The predicted octanol–water partition coefficient (Wildman–Crippen LogP) is 0.251. The molecule has 0 aromatic heterocycles. The minimum absolute atomic E-state index is 0.237. The highest BCUT2D eigenvalue weighted by Gasteiger charge is 2.22. The fourth-order valence-electron chi connectivity index (χ4n) is 0.513. The second-order valence-corrected chi connectivity index (χ2v) is 2.12. The quantitative estimate of drug-likeness (QED) is 0.382. The third-order valence-corrected chi connectivity index (χ3v) is 1.26. The average Bonchev–Trinajstić information content (AvgIpc) is 1.88. The van der Waals surface area contributed by atoms with Gasteiger partial charge in [0.2, 0.25) is 0 Å². The van der Waals surface area contributed by atoms with E-state index in [1.54, 1.807) is 6.92 Å². The van der Waals surface area contributed by atoms with Gasteiger partial charge >= 0.3 is 5.97 Å². The van der Waals surface area contributed by atoms with E-state index in [-0.39, 0.29) is 12.4 Å². The molecule has 5 heteroatoms. The highest BCUT2D eigenvalue weighted by Crippen LogP contribution is 1.92. The van der Waals surface area contributed by atoms with Crippen molar-refractivity contribution in [2.45, 2.75) is 19.9 Å². The molecule has 11 heavy (non-hydrogen) atoms. The van der Waals surface area contributed by atoms with Crippen molar-refractivity contribution in [1.82, 2.24) is 4.84 Å². The SMILES string of the molecule is CCOC(=O)C(NCl)C(C)=O. The third-order valence-electron chi connectivity index (χ3n) is 1.04. The van der Waals surface area contributed by atoms with Gasteiger partial charge in [0.1, 0.15) is 0 Å². The smallest absolute Gasteiger partial charge is 0.332 e. The lowest BCUT2D eigenvalue weighted by Gasteiger charge is -2.08. The summed E-state index contributed by atoms with van der Waals surface area (Å²) in [5.74, 6) is -1.01. The van der Waals surface area contributed by atoms with E-state index in [2.05, 4.69) is 4.74 Å². The van der Waals surface area contributed by atoms with Gasteiger partial charge in [-0.15, -0.1) is 0 Å². The first-order chi connectivity index (χ1) is 5.13. The second kappa shape index (κ2) is 5.09. The van der Waals surface area contributed by atoms with Crippen molar-refractivity contribution in [3.63, 3.8) is 0 Å². The molecule has 0 amide bonds. The lowest BCUT2D eigenvalue weighted by molar-refractivity contribution is -0.147. The van der Waals surface area contributed by atoms with E-state index in [0.717, 1.165) is 0 Å². The molecule has 0 heterocycles. The number of carbonyl (C=O) groups excluding carboxylic acids is 2. The molecule has 0 aromatic rings. The van der Waals surface area contributed by atoms with Gasteiger partial charge in [-0.25, -0.2) is 9.63 Å². The van der Waals surface area contributed by atoms with Gasteiger partial charge in [-0.1, -0.05) is 0 Å². The molecule has 0 fully saturated rings. The van der Waals surface area contributed by atoms with Crippen molar-refractivity contribution in [3.05, 3.63) is 0 Å². The van der Waals surface area contributed by atoms with Crippen LogP contribution in [0.1, 0.15) is 13.8 Å². The van der Waals surface area contributed by atoms with Gasteiger partial charge < -0.3 is 4.74 Å². The van der Waals surface area contributed by atoms with Crippen molar-refractivity contribution >= 4 is 23.5 Å². The molecule has 1 N–H and O–H groups in total. The van der Waals surface area contributed by atoms with Crippen LogP contribution in [-0.4, -0.2) is 24.4 Å². The molecule has 0 radical (unpaired) electrons. The van der Waals surface area contributed by atoms with E-state index in [4.69, 9.17) is 11.8 Å². The number of nitrogens with one attached hydrogen (secondary N) is 1. The van der Waals surface area contributed by atoms with Crippen LogP contribution in [0.2, 0.25) is 0 Å². The summed E-state index contributed by atoms with van der Waals surface area (Å²) in [4.78, 5) is 23.5. The summed E-state index contributed by atoms with van der Waals surface area (Å²) >= 11 is 5.12. The highest BCUT2D eigenvalue weighted by molar-refractivity contribution is 6.18. The number of rotatable bonds is 4. The molecule has 1 unspecified atom stereocenters. The lowest BCUT2D eigenvalue weighted by Crippen LogP contribution is -2.38. The number of Topliss-reactive ketones (excluding diaryl/α,β-unsaturated/α-hetero) is 1. The van der Waals surface area contributed by atoms with E-state index in [1.165, 1.54) is 6.92 Å². The zero-order chi connectivity index (χ0) is 8.85. The standard InChI is InChI=1S/C6H10ClNO3/c1-3-11-6(10)5(8-7)4(2)9/h5,8H,3H2,1-2H3. The Balaban J connectivity index is 4.03. The van der Waals surface area contributed by atoms with Crippen molar-refractivity contribution in [3.8, 4) is 0 Å². The molecule has 0 saturated heterocycles. The van der Waals surface area contributed by atoms with Gasteiger partial charge in [0, 0.05) is 0 Å². The van der Waals surface area contributed by atoms with E-state index in [1.807, 2.05) is 4.84 Å². The molecule has 64 valence electrons. The number of halogens is 1. The zero-order valence-electron chi connectivity index (χ0n) is 6.39. The molecule has 0 rings (SSSR count). The molecule has 0 saturated carbocycles. The Hall–Kier alpha value is -0.610. The molecule has 0 aliphatic heterocycles. The molecule has 0 spiro atoms. The van der Waals surface area contributed by atoms with Crippen LogP contribution in [0.25, 0.3) is 0 Å². The molecule has 1 atom stereocenters. The molecular weight excluding hydrogens is 170 g/mol. The van der Waals surface area contributed by atoms with Gasteiger partial charge in [-0.2, -0.15) is 0 Å².